The molecular weight excluding hydrogens is 776 g/mol. The number of alkyl halides is 6. The molecule has 1 fully saturated rings. The molecule has 17 nitrogen and oxygen atoms in total. The van der Waals surface area contributed by atoms with Crippen LogP contribution in [0.1, 0.15) is 35.3 Å². The van der Waals surface area contributed by atoms with Gasteiger partial charge in [-0.3, -0.25) is 34.1 Å². The molecular formula is C34H43F6N9O8. The maximum atomic E-state index is 13.5. The Balaban J connectivity index is 0.000000997. The molecule has 2 amide bonds. The molecule has 0 unspecified atom stereocenters. The van der Waals surface area contributed by atoms with E-state index in [-0.39, 0.29) is 43.2 Å². The maximum Gasteiger partial charge on any atom is 0.490 e. The van der Waals surface area contributed by atoms with E-state index < -0.39 is 30.3 Å². The first-order valence-corrected chi connectivity index (χ1v) is 16.6. The Labute approximate surface area is 321 Å². The second-order valence-corrected chi connectivity index (χ2v) is 11.8. The van der Waals surface area contributed by atoms with Crippen LogP contribution in [0.5, 0.6) is 0 Å². The number of nitrogen functional groups attached to an aromatic ring is 2. The van der Waals surface area contributed by atoms with Crippen molar-refractivity contribution >= 4 is 41.6 Å². The average Bonchev–Trinajstić information content (AvgIpc) is 3.12. The van der Waals surface area contributed by atoms with Crippen LogP contribution in [0, 0.1) is 5.41 Å². The molecule has 0 radical (unpaired) electrons. The normalized spacial score (nSPS) is 12.4. The van der Waals surface area contributed by atoms with E-state index in [1.54, 1.807) is 42.5 Å². The number of hydrogen-bond donors (Lipinski definition) is 8. The Morgan fingerprint density at radius 2 is 1.60 bits per heavy atom. The molecule has 1 saturated heterocycles. The SMILES string of the molecule is CC(C)Nc1ncc(-c2cc(N)cc(C(=O)NCCN3CCOCC3)c2)n(CC(=O)NCc2ccc(C(=N)N)cc2)c1=O.FC(F)F.O=C(O)C(F)(F)F.O=CO. The van der Waals surface area contributed by atoms with Crippen molar-refractivity contribution in [2.45, 2.75) is 45.8 Å². The monoisotopic (exact) mass is 819 g/mol. The van der Waals surface area contributed by atoms with Gasteiger partial charge in [0.2, 0.25) is 5.91 Å². The summed E-state index contributed by atoms with van der Waals surface area (Å²) >= 11 is 0. The highest BCUT2D eigenvalue weighted by molar-refractivity contribution is 5.96. The van der Waals surface area contributed by atoms with Crippen molar-refractivity contribution in [3.8, 4) is 11.3 Å². The number of carboxylic acids is 1. The number of nitrogens with two attached hydrogens (primary N) is 2. The minimum absolute atomic E-state index is 0.0406. The molecule has 0 aliphatic carbocycles. The summed E-state index contributed by atoms with van der Waals surface area (Å²) in [5, 5.41) is 30.3. The van der Waals surface area contributed by atoms with E-state index in [4.69, 9.17) is 41.4 Å². The van der Waals surface area contributed by atoms with Gasteiger partial charge in [0.1, 0.15) is 12.4 Å². The number of morpholine rings is 1. The van der Waals surface area contributed by atoms with Crippen molar-refractivity contribution in [3.05, 3.63) is 75.7 Å². The van der Waals surface area contributed by atoms with Gasteiger partial charge in [-0.2, -0.15) is 26.3 Å². The lowest BCUT2D eigenvalue weighted by Crippen LogP contribution is -2.41. The number of aliphatic carboxylic acids is 1. The number of halogens is 6. The number of anilines is 2. The van der Waals surface area contributed by atoms with Gasteiger partial charge < -0.3 is 42.4 Å². The number of aromatic nitrogens is 2. The van der Waals surface area contributed by atoms with Crippen LogP contribution in [0.4, 0.5) is 37.8 Å². The number of amidine groups is 1. The van der Waals surface area contributed by atoms with E-state index in [0.29, 0.717) is 54.4 Å². The van der Waals surface area contributed by atoms with E-state index in [1.807, 2.05) is 13.8 Å². The fourth-order valence-electron chi connectivity index (χ4n) is 4.63. The van der Waals surface area contributed by atoms with E-state index in [1.165, 1.54) is 10.8 Å². The summed E-state index contributed by atoms with van der Waals surface area (Å²) in [5.74, 6) is -3.38. The summed E-state index contributed by atoms with van der Waals surface area (Å²) in [5.41, 5.74) is 14.1. The lowest BCUT2D eigenvalue weighted by molar-refractivity contribution is -0.192. The van der Waals surface area contributed by atoms with Gasteiger partial charge in [0.25, 0.3) is 17.9 Å². The highest BCUT2D eigenvalue weighted by atomic mass is 19.4. The molecule has 1 aliphatic heterocycles. The van der Waals surface area contributed by atoms with Crippen LogP contribution in [0.3, 0.4) is 0 Å². The topological polar surface area (TPSA) is 268 Å². The molecule has 2 heterocycles. The molecule has 1 aromatic heterocycles. The Kier molecular flexibility index (Phi) is 20.8. The third-order valence-electron chi connectivity index (χ3n) is 7.11. The Morgan fingerprint density at radius 1 is 1.04 bits per heavy atom. The molecule has 4 rings (SSSR count). The summed E-state index contributed by atoms with van der Waals surface area (Å²) in [7, 11) is 0. The van der Waals surface area contributed by atoms with Crippen LogP contribution in [0.2, 0.25) is 0 Å². The number of nitrogens with zero attached hydrogens (tertiary/aromatic N) is 3. The summed E-state index contributed by atoms with van der Waals surface area (Å²) in [6, 6.07) is 11.7. The number of carboxylic acid groups (broad SMARTS) is 2. The first kappa shape index (κ1) is 48.8. The molecule has 0 spiro atoms. The van der Waals surface area contributed by atoms with Gasteiger partial charge >= 0.3 is 18.8 Å². The second-order valence-electron chi connectivity index (χ2n) is 11.8. The molecule has 0 bridgehead atoms. The minimum Gasteiger partial charge on any atom is -0.483 e. The number of hydrogen-bond acceptors (Lipinski definition) is 11. The fraction of sp³-hybridized carbons (Fsp3) is 0.382. The predicted octanol–water partition coefficient (Wildman–Crippen LogP) is 2.49. The summed E-state index contributed by atoms with van der Waals surface area (Å²) in [4.78, 5) is 63.4. The zero-order chi connectivity index (χ0) is 43.3. The van der Waals surface area contributed by atoms with Gasteiger partial charge in [-0.1, -0.05) is 24.3 Å². The van der Waals surface area contributed by atoms with Crippen molar-refractivity contribution in [2.24, 2.45) is 5.73 Å². The van der Waals surface area contributed by atoms with Crippen molar-refractivity contribution in [1.82, 2.24) is 25.1 Å². The largest absolute Gasteiger partial charge is 0.490 e. The molecule has 3 aromatic rings. The van der Waals surface area contributed by atoms with Crippen LogP contribution >= 0.6 is 0 Å². The lowest BCUT2D eigenvalue weighted by atomic mass is 10.1. The van der Waals surface area contributed by atoms with Crippen LogP contribution in [-0.4, -0.2) is 113 Å². The lowest BCUT2D eigenvalue weighted by Gasteiger charge is -2.26. The number of benzene rings is 2. The van der Waals surface area contributed by atoms with Crippen LogP contribution in [0.15, 0.2) is 53.5 Å². The summed E-state index contributed by atoms with van der Waals surface area (Å²) in [6.45, 7) is 3.95. The highest BCUT2D eigenvalue weighted by Gasteiger charge is 2.38. The number of carbonyl (C=O) groups is 4. The number of ether oxygens (including phenoxy) is 1. The summed E-state index contributed by atoms with van der Waals surface area (Å²) < 4.78 is 67.4. The van der Waals surface area contributed by atoms with Crippen molar-refractivity contribution in [2.75, 3.05) is 50.4 Å². The van der Waals surface area contributed by atoms with Gasteiger partial charge in [-0.25, -0.2) is 9.78 Å². The van der Waals surface area contributed by atoms with Crippen molar-refractivity contribution < 1.29 is 60.5 Å². The minimum atomic E-state index is -5.08. The number of amides is 2. The zero-order valence-electron chi connectivity index (χ0n) is 30.6. The maximum absolute atomic E-state index is 13.5. The average molecular weight is 820 g/mol. The number of carbonyl (C=O) groups excluding carboxylic acids is 2. The van der Waals surface area contributed by atoms with E-state index in [0.717, 1.165) is 18.7 Å². The Bertz CT molecular complexity index is 1840. The third-order valence-corrected chi connectivity index (χ3v) is 7.11. The van der Waals surface area contributed by atoms with Gasteiger partial charge in [0, 0.05) is 61.1 Å². The van der Waals surface area contributed by atoms with Gasteiger partial charge in [-0.05, 0) is 37.6 Å². The Hall–Kier alpha value is -6.23. The molecule has 10 N–H and O–H groups in total. The highest BCUT2D eigenvalue weighted by Crippen LogP contribution is 2.23. The zero-order valence-corrected chi connectivity index (χ0v) is 30.6. The predicted molar refractivity (Wildman–Crippen MR) is 195 cm³/mol. The summed E-state index contributed by atoms with van der Waals surface area (Å²) in [6.07, 6.45) is -3.59. The van der Waals surface area contributed by atoms with E-state index in [9.17, 15) is 40.7 Å². The fourth-order valence-corrected chi connectivity index (χ4v) is 4.63. The second kappa shape index (κ2) is 24.3. The van der Waals surface area contributed by atoms with Gasteiger partial charge in [0.15, 0.2) is 5.82 Å². The smallest absolute Gasteiger partial charge is 0.483 e. The van der Waals surface area contributed by atoms with Crippen molar-refractivity contribution in [3.63, 3.8) is 0 Å². The van der Waals surface area contributed by atoms with Gasteiger partial charge in [-0.15, -0.1) is 0 Å². The van der Waals surface area contributed by atoms with Crippen molar-refractivity contribution in [1.29, 1.82) is 5.41 Å². The standard InChI is InChI=1S/C30H39N9O4.C2HF3O2.CHF3.CH2O2/c1-19(2)37-28-30(42)39(18-26(40)35-16-20-3-5-21(6-4-20)27(32)33)25(17-36-28)22-13-23(15-24(31)14-22)29(41)34-7-8-38-9-11-43-12-10-38;3-2(4,5)1(6)7;2-1(3)4;2-1-3/h3-6,13-15,17,19H,7-12,16,18,31H2,1-2H3,(H3,32,33)(H,34,41)(H,35,40)(H,36,37);(H,6,7);1H;1H,(H,2,3). The molecule has 1 aliphatic rings. The van der Waals surface area contributed by atoms with E-state index >= 15 is 0 Å². The van der Waals surface area contributed by atoms with Crippen LogP contribution < -0.4 is 33.0 Å². The number of nitrogens with one attached hydrogen (secondary N) is 4. The van der Waals surface area contributed by atoms with Gasteiger partial charge in [0.05, 0.1) is 25.1 Å². The Morgan fingerprint density at radius 3 is 2.11 bits per heavy atom. The number of rotatable bonds is 12. The molecule has 2 aromatic carbocycles. The quantitative estimate of drug-likeness (QED) is 0.0430. The molecule has 23 heteroatoms. The first-order valence-electron chi connectivity index (χ1n) is 16.6. The van der Waals surface area contributed by atoms with Crippen LogP contribution in [-0.2, 0) is 32.2 Å². The molecule has 0 saturated carbocycles. The molecule has 314 valence electrons. The van der Waals surface area contributed by atoms with E-state index in [2.05, 4.69) is 25.8 Å². The molecule has 0 atom stereocenters. The first-order chi connectivity index (χ1) is 26.7. The molecule has 57 heavy (non-hydrogen) atoms. The van der Waals surface area contributed by atoms with Crippen LogP contribution in [0.25, 0.3) is 11.3 Å². The third kappa shape index (κ3) is 18.8.